The summed E-state index contributed by atoms with van der Waals surface area (Å²) in [5, 5.41) is 51.8. The topological polar surface area (TPSA) is 232 Å². The van der Waals surface area contributed by atoms with Gasteiger partial charge in [-0.25, -0.2) is 9.78 Å². The molecule has 6 N–H and O–H groups in total. The second-order valence-electron chi connectivity index (χ2n) is 10.3. The van der Waals surface area contributed by atoms with E-state index >= 15 is 0 Å². The average molecular weight is 709 g/mol. The summed E-state index contributed by atoms with van der Waals surface area (Å²) >= 11 is 3.76. The number of rotatable bonds is 11. The number of phenolic OH excluding ortho intramolecular Hbond substituents is 2. The fourth-order valence-electron chi connectivity index (χ4n) is 5.11. The molecule has 0 aliphatic carbocycles. The molecule has 2 aliphatic heterocycles. The Labute approximate surface area is 282 Å². The summed E-state index contributed by atoms with van der Waals surface area (Å²) in [6.07, 6.45) is 3.40. The van der Waals surface area contributed by atoms with Gasteiger partial charge in [-0.3, -0.25) is 14.5 Å². The number of phenols is 2. The molecule has 246 valence electrons. The zero-order chi connectivity index (χ0) is 34.1. The SMILES string of the molecule is Nc1nc(C(=NOC(C(=O)O)c2cccc(O)c2O)C(=O)NC2C(=O)N3C(C(=O)[O-])=C(C=CC[n+]4cccc5ccsc54)CSC23)cs1. The van der Waals surface area contributed by atoms with Crippen molar-refractivity contribution in [1.29, 1.82) is 0 Å². The Hall–Kier alpha value is -5.46. The Morgan fingerprint density at radius 1 is 1.23 bits per heavy atom. The number of thiazole rings is 1. The largest absolute Gasteiger partial charge is 0.543 e. The molecule has 2 aliphatic rings. The minimum absolute atomic E-state index is 0.0504. The van der Waals surface area contributed by atoms with Gasteiger partial charge < -0.3 is 41.1 Å². The number of aromatic hydroxyl groups is 2. The number of thioether (sulfide) groups is 1. The lowest BCUT2D eigenvalue weighted by atomic mass is 10.0. The Kier molecular flexibility index (Phi) is 9.03. The summed E-state index contributed by atoms with van der Waals surface area (Å²) in [6, 6.07) is 8.32. The van der Waals surface area contributed by atoms with Gasteiger partial charge >= 0.3 is 5.97 Å². The van der Waals surface area contributed by atoms with Gasteiger partial charge in [-0.2, -0.15) is 4.57 Å². The monoisotopic (exact) mass is 708 g/mol. The second kappa shape index (κ2) is 13.3. The maximum atomic E-state index is 13.5. The highest BCUT2D eigenvalue weighted by molar-refractivity contribution is 8.00. The molecule has 0 spiro atoms. The van der Waals surface area contributed by atoms with Crippen molar-refractivity contribution in [2.24, 2.45) is 5.16 Å². The molecule has 2 amide bonds. The molecule has 1 saturated heterocycles. The number of oxime groups is 1. The summed E-state index contributed by atoms with van der Waals surface area (Å²) in [7, 11) is 0. The summed E-state index contributed by atoms with van der Waals surface area (Å²) < 4.78 is 2.01. The number of β-lactam (4-membered cyclic amide) rings is 1. The van der Waals surface area contributed by atoms with E-state index in [0.29, 0.717) is 12.1 Å². The number of nitrogens with zero attached hydrogens (tertiary/aromatic N) is 4. The minimum atomic E-state index is -1.95. The Morgan fingerprint density at radius 3 is 2.77 bits per heavy atom. The summed E-state index contributed by atoms with van der Waals surface area (Å²) in [6.45, 7) is 0.460. The molecule has 3 atom stereocenters. The molecule has 4 aromatic rings. The quantitative estimate of drug-likeness (QED) is 0.0480. The van der Waals surface area contributed by atoms with Crippen LogP contribution >= 0.6 is 34.4 Å². The van der Waals surface area contributed by atoms with E-state index < -0.39 is 58.5 Å². The van der Waals surface area contributed by atoms with Crippen LogP contribution in [0.4, 0.5) is 5.13 Å². The number of anilines is 1. The fraction of sp³-hybridized carbons (Fsp3) is 0.167. The first-order chi connectivity index (χ1) is 23.0. The summed E-state index contributed by atoms with van der Waals surface area (Å²) in [4.78, 5) is 62.3. The van der Waals surface area contributed by atoms with Crippen LogP contribution in [0.5, 0.6) is 11.5 Å². The number of pyridine rings is 1. The number of carbonyl (C=O) groups is 4. The number of carbonyl (C=O) groups excluding carboxylic acids is 3. The zero-order valence-corrected chi connectivity index (χ0v) is 26.8. The summed E-state index contributed by atoms with van der Waals surface area (Å²) in [5.41, 5.74) is 4.81. The number of thiophene rings is 1. The number of aromatic nitrogens is 2. The lowest BCUT2D eigenvalue weighted by molar-refractivity contribution is -0.658. The van der Waals surface area contributed by atoms with Crippen molar-refractivity contribution in [1.82, 2.24) is 15.2 Å². The molecule has 3 aromatic heterocycles. The van der Waals surface area contributed by atoms with E-state index in [9.17, 15) is 39.6 Å². The van der Waals surface area contributed by atoms with E-state index in [0.717, 1.165) is 32.5 Å². The average Bonchev–Trinajstić information content (AvgIpc) is 3.72. The molecule has 5 heterocycles. The molecular weight excluding hydrogens is 685 g/mol. The van der Waals surface area contributed by atoms with E-state index in [2.05, 4.69) is 15.5 Å². The van der Waals surface area contributed by atoms with E-state index in [-0.39, 0.29) is 27.8 Å². The number of hydrogen-bond acceptors (Lipinski definition) is 14. The van der Waals surface area contributed by atoms with Crippen LogP contribution in [0, 0.1) is 0 Å². The normalized spacial score (nSPS) is 18.5. The van der Waals surface area contributed by atoms with Crippen molar-refractivity contribution in [2.45, 2.75) is 24.1 Å². The molecule has 15 nitrogen and oxygen atoms in total. The highest BCUT2D eigenvalue weighted by Gasteiger charge is 2.53. The number of nitrogens with one attached hydrogen (secondary N) is 1. The van der Waals surface area contributed by atoms with Crippen molar-refractivity contribution in [2.75, 3.05) is 11.5 Å². The first kappa shape index (κ1) is 32.5. The number of hydrogen-bond donors (Lipinski definition) is 5. The third-order valence-corrected chi connectivity index (χ3v) is 10.3. The van der Waals surface area contributed by atoms with E-state index in [1.54, 1.807) is 23.5 Å². The van der Waals surface area contributed by atoms with Crippen LogP contribution in [0.1, 0.15) is 17.4 Å². The third kappa shape index (κ3) is 6.15. The van der Waals surface area contributed by atoms with Gasteiger partial charge in [0, 0.05) is 17.2 Å². The predicted octanol–water partition coefficient (Wildman–Crippen LogP) is 0.846. The number of carboxylic acids is 2. The predicted molar refractivity (Wildman–Crippen MR) is 173 cm³/mol. The number of amides is 2. The van der Waals surface area contributed by atoms with E-state index in [1.165, 1.54) is 29.3 Å². The van der Waals surface area contributed by atoms with Crippen molar-refractivity contribution in [3.8, 4) is 11.5 Å². The molecule has 18 heteroatoms. The fourth-order valence-corrected chi connectivity index (χ4v) is 7.87. The van der Waals surface area contributed by atoms with Crippen molar-refractivity contribution in [3.05, 3.63) is 88.0 Å². The van der Waals surface area contributed by atoms with Gasteiger partial charge in [0.05, 0.1) is 22.6 Å². The molecule has 6 rings (SSSR count). The zero-order valence-electron chi connectivity index (χ0n) is 24.4. The van der Waals surface area contributed by atoms with Crippen LogP contribution in [-0.4, -0.2) is 71.8 Å². The molecule has 0 bridgehead atoms. The number of allylic oxidation sites excluding steroid dienone is 2. The number of carboxylic acid groups (broad SMARTS) is 2. The molecule has 0 saturated carbocycles. The van der Waals surface area contributed by atoms with Crippen molar-refractivity contribution < 1.29 is 49.0 Å². The van der Waals surface area contributed by atoms with Crippen LogP contribution in [0.15, 0.2) is 81.9 Å². The lowest BCUT2D eigenvalue weighted by Gasteiger charge is -2.50. The van der Waals surface area contributed by atoms with Crippen LogP contribution in [0.2, 0.25) is 0 Å². The standard InChI is InChI=1S/C30H24N6O9S3/c31-30-32-17(13-48-30)19(34-45-23(29(43)44)16-6-1-7-18(37)22(16)38)24(39)33-20-25(40)36-21(28(41)42)15(12-47-27(20)36)5-3-10-35-9-2-4-14-8-11-46-26(14)35/h1-9,11,13,20,23,27H,10,12H2,(H6-,31,32,33,34,37,38,39,41,42,43,44). The highest BCUT2D eigenvalue weighted by Crippen LogP contribution is 2.40. The molecule has 1 aromatic carbocycles. The van der Waals surface area contributed by atoms with Crippen LogP contribution in [0.25, 0.3) is 10.2 Å². The van der Waals surface area contributed by atoms with Crippen molar-refractivity contribution >= 4 is 79.2 Å². The highest BCUT2D eigenvalue weighted by atomic mass is 32.2. The van der Waals surface area contributed by atoms with Crippen LogP contribution in [-0.2, 0) is 30.6 Å². The first-order valence-electron chi connectivity index (χ1n) is 14.0. The van der Waals surface area contributed by atoms with Gasteiger partial charge in [-0.05, 0) is 35.2 Å². The smallest absolute Gasteiger partial charge is 0.352 e. The molecule has 1 fully saturated rings. The number of nitrogens with two attached hydrogens (primary N) is 1. The third-order valence-electron chi connectivity index (χ3n) is 7.36. The minimum Gasteiger partial charge on any atom is -0.543 e. The van der Waals surface area contributed by atoms with Crippen molar-refractivity contribution in [3.63, 3.8) is 0 Å². The van der Waals surface area contributed by atoms with Gasteiger partial charge in [0.15, 0.2) is 35.1 Å². The summed E-state index contributed by atoms with van der Waals surface area (Å²) in [5.74, 6) is -6.02. The Morgan fingerprint density at radius 2 is 2.04 bits per heavy atom. The molecule has 48 heavy (non-hydrogen) atoms. The molecule has 0 radical (unpaired) electrons. The first-order valence-corrected chi connectivity index (χ1v) is 16.8. The number of benzene rings is 1. The van der Waals surface area contributed by atoms with Gasteiger partial charge in [-0.1, -0.05) is 34.7 Å². The maximum absolute atomic E-state index is 13.5. The van der Waals surface area contributed by atoms with Crippen LogP contribution in [0.3, 0.4) is 0 Å². The van der Waals surface area contributed by atoms with Crippen LogP contribution < -0.4 is 20.7 Å². The maximum Gasteiger partial charge on any atom is 0.352 e. The number of fused-ring (bicyclic) bond motifs is 2. The lowest BCUT2D eigenvalue weighted by Crippen LogP contribution is -2.71. The van der Waals surface area contributed by atoms with Gasteiger partial charge in [0.1, 0.15) is 17.1 Å². The Bertz CT molecular complexity index is 2060. The van der Waals surface area contributed by atoms with Gasteiger partial charge in [-0.15, -0.1) is 23.1 Å². The Balaban J connectivity index is 1.21. The van der Waals surface area contributed by atoms with Gasteiger partial charge in [0.2, 0.25) is 0 Å². The second-order valence-corrected chi connectivity index (χ2v) is 13.2. The number of aliphatic carboxylic acids is 2. The molecule has 3 unspecified atom stereocenters. The van der Waals surface area contributed by atoms with E-state index in [1.807, 2.05) is 34.3 Å². The van der Waals surface area contributed by atoms with E-state index in [4.69, 9.17) is 10.6 Å². The van der Waals surface area contributed by atoms with Gasteiger partial charge in [0.25, 0.3) is 22.7 Å². The number of para-hydroxylation sites is 1. The molecular formula is C30H24N6O9S3. The number of nitrogen functional groups attached to an aromatic ring is 1.